The highest BCUT2D eigenvalue weighted by Gasteiger charge is 2.34. The van der Waals surface area contributed by atoms with Gasteiger partial charge in [-0.3, -0.25) is 9.89 Å². The van der Waals surface area contributed by atoms with Crippen molar-refractivity contribution in [2.24, 2.45) is 4.99 Å². The zero-order valence-electron chi connectivity index (χ0n) is 19.9. The first-order valence-corrected chi connectivity index (χ1v) is 11.2. The summed E-state index contributed by atoms with van der Waals surface area (Å²) in [5, 5.41) is 6.87. The molecule has 0 spiro atoms. The molecule has 1 amide bonds. The molecule has 1 unspecified atom stereocenters. The number of guanidine groups is 1. The van der Waals surface area contributed by atoms with Gasteiger partial charge in [0.25, 0.3) is 0 Å². The van der Waals surface area contributed by atoms with E-state index in [1.54, 1.807) is 19.1 Å². The Morgan fingerprint density at radius 2 is 1.88 bits per heavy atom. The molecule has 2 aliphatic rings. The van der Waals surface area contributed by atoms with E-state index in [4.69, 9.17) is 14.2 Å². The number of ether oxygens (including phenoxy) is 3. The minimum Gasteiger partial charge on any atom is -0.497 e. The number of aliphatic imine (C=N–C) groups is 1. The molecule has 2 heterocycles. The van der Waals surface area contributed by atoms with Gasteiger partial charge in [0.2, 0.25) is 0 Å². The second kappa shape index (κ2) is 10.9. The summed E-state index contributed by atoms with van der Waals surface area (Å²) >= 11 is 0. The van der Waals surface area contributed by atoms with Gasteiger partial charge in [0, 0.05) is 39.8 Å². The molecule has 178 valence electrons. The fraction of sp³-hybridized carbons (Fsp3) is 0.652. The van der Waals surface area contributed by atoms with Crippen molar-refractivity contribution in [3.05, 3.63) is 29.8 Å². The van der Waals surface area contributed by atoms with E-state index in [1.807, 2.05) is 32.9 Å². The summed E-state index contributed by atoms with van der Waals surface area (Å²) in [6.45, 7) is 10.8. The second-order valence-corrected chi connectivity index (χ2v) is 9.12. The molecule has 3 rings (SSSR count). The van der Waals surface area contributed by atoms with Crippen LogP contribution in [0.1, 0.15) is 32.4 Å². The number of rotatable bonds is 6. The minimum absolute atomic E-state index is 0.150. The van der Waals surface area contributed by atoms with E-state index in [0.717, 1.165) is 38.0 Å². The highest BCUT2D eigenvalue weighted by Crippen LogP contribution is 2.24. The number of amides is 1. The largest absolute Gasteiger partial charge is 0.497 e. The summed E-state index contributed by atoms with van der Waals surface area (Å²) in [4.78, 5) is 20.6. The average molecular weight is 448 g/mol. The second-order valence-electron chi connectivity index (χ2n) is 9.12. The van der Waals surface area contributed by atoms with Crippen molar-refractivity contribution < 1.29 is 19.0 Å². The Bertz CT molecular complexity index is 766. The lowest BCUT2D eigenvalue weighted by Gasteiger charge is -2.41. The van der Waals surface area contributed by atoms with E-state index < -0.39 is 5.60 Å². The number of hydrogen-bond acceptors (Lipinski definition) is 6. The molecule has 0 saturated carbocycles. The highest BCUT2D eigenvalue weighted by atomic mass is 16.6. The molecular formula is C23H37N5O4. The summed E-state index contributed by atoms with van der Waals surface area (Å²) < 4.78 is 16.3. The number of morpholine rings is 1. The van der Waals surface area contributed by atoms with E-state index in [0.29, 0.717) is 19.6 Å². The van der Waals surface area contributed by atoms with Gasteiger partial charge in [0.15, 0.2) is 5.96 Å². The molecule has 9 heteroatoms. The van der Waals surface area contributed by atoms with Crippen LogP contribution in [0.4, 0.5) is 4.79 Å². The molecule has 1 atom stereocenters. The maximum atomic E-state index is 12.1. The van der Waals surface area contributed by atoms with Gasteiger partial charge >= 0.3 is 6.09 Å². The van der Waals surface area contributed by atoms with Gasteiger partial charge in [0.05, 0.1) is 32.4 Å². The van der Waals surface area contributed by atoms with Crippen molar-refractivity contribution in [2.45, 2.75) is 38.5 Å². The summed E-state index contributed by atoms with van der Waals surface area (Å²) in [7, 11) is 3.44. The third-order valence-corrected chi connectivity index (χ3v) is 5.55. The Labute approximate surface area is 191 Å². The lowest BCUT2D eigenvalue weighted by atomic mass is 10.0. The third-order valence-electron chi connectivity index (χ3n) is 5.55. The Morgan fingerprint density at radius 1 is 1.22 bits per heavy atom. The van der Waals surface area contributed by atoms with E-state index in [-0.39, 0.29) is 18.2 Å². The fourth-order valence-electron chi connectivity index (χ4n) is 3.80. The van der Waals surface area contributed by atoms with Crippen molar-refractivity contribution in [1.82, 2.24) is 20.4 Å². The van der Waals surface area contributed by atoms with E-state index in [9.17, 15) is 4.79 Å². The number of nitrogens with one attached hydrogen (secondary N) is 2. The number of likely N-dealkylation sites (tertiary alicyclic amines) is 1. The summed E-state index contributed by atoms with van der Waals surface area (Å²) in [6.07, 6.45) is -0.273. The van der Waals surface area contributed by atoms with Gasteiger partial charge < -0.3 is 29.7 Å². The molecule has 2 N–H and O–H groups in total. The van der Waals surface area contributed by atoms with Crippen LogP contribution in [0.15, 0.2) is 29.3 Å². The number of methoxy groups -OCH3 is 1. The summed E-state index contributed by atoms with van der Waals surface area (Å²) in [5.41, 5.74) is 0.735. The third kappa shape index (κ3) is 6.74. The Balaban J connectivity index is 1.54. The number of nitrogens with zero attached hydrogens (tertiary/aromatic N) is 3. The van der Waals surface area contributed by atoms with E-state index in [1.165, 1.54) is 5.56 Å². The number of hydrogen-bond donors (Lipinski definition) is 2. The fourth-order valence-corrected chi connectivity index (χ4v) is 3.80. The first-order chi connectivity index (χ1) is 15.3. The zero-order valence-corrected chi connectivity index (χ0v) is 19.9. The Morgan fingerprint density at radius 3 is 2.44 bits per heavy atom. The van der Waals surface area contributed by atoms with Gasteiger partial charge in [-0.2, -0.15) is 0 Å². The Hall–Kier alpha value is -2.52. The van der Waals surface area contributed by atoms with Gasteiger partial charge in [-0.05, 0) is 38.5 Å². The number of benzene rings is 1. The van der Waals surface area contributed by atoms with Crippen LogP contribution in [0.5, 0.6) is 5.75 Å². The summed E-state index contributed by atoms with van der Waals surface area (Å²) in [5.74, 6) is 1.57. The molecule has 2 aliphatic heterocycles. The molecule has 32 heavy (non-hydrogen) atoms. The zero-order chi connectivity index (χ0) is 23.1. The molecule has 1 aromatic rings. The molecule has 0 radical (unpaired) electrons. The van der Waals surface area contributed by atoms with E-state index >= 15 is 0 Å². The summed E-state index contributed by atoms with van der Waals surface area (Å²) in [6, 6.07) is 8.55. The predicted octanol–water partition coefficient (Wildman–Crippen LogP) is 1.85. The maximum absolute atomic E-state index is 12.1. The van der Waals surface area contributed by atoms with Crippen LogP contribution in [0, 0.1) is 0 Å². The van der Waals surface area contributed by atoms with Crippen molar-refractivity contribution in [1.29, 1.82) is 0 Å². The number of carbonyl (C=O) groups is 1. The van der Waals surface area contributed by atoms with E-state index in [2.05, 4.69) is 32.7 Å². The topological polar surface area (TPSA) is 87.7 Å². The van der Waals surface area contributed by atoms with Crippen molar-refractivity contribution >= 4 is 12.1 Å². The molecule has 9 nitrogen and oxygen atoms in total. The molecule has 0 bridgehead atoms. The molecule has 1 aromatic carbocycles. The predicted molar refractivity (Wildman–Crippen MR) is 124 cm³/mol. The average Bonchev–Trinajstić information content (AvgIpc) is 2.74. The lowest BCUT2D eigenvalue weighted by Crippen LogP contribution is -2.63. The smallest absolute Gasteiger partial charge is 0.410 e. The quantitative estimate of drug-likeness (QED) is 0.508. The first kappa shape index (κ1) is 24.1. The first-order valence-electron chi connectivity index (χ1n) is 11.2. The highest BCUT2D eigenvalue weighted by molar-refractivity contribution is 5.80. The maximum Gasteiger partial charge on any atom is 0.410 e. The van der Waals surface area contributed by atoms with Crippen LogP contribution < -0.4 is 15.4 Å². The van der Waals surface area contributed by atoms with Crippen LogP contribution in [0.2, 0.25) is 0 Å². The molecule has 2 fully saturated rings. The minimum atomic E-state index is -0.483. The Kier molecular flexibility index (Phi) is 8.20. The van der Waals surface area contributed by atoms with Crippen molar-refractivity contribution in [3.63, 3.8) is 0 Å². The van der Waals surface area contributed by atoms with Gasteiger partial charge in [-0.25, -0.2) is 4.79 Å². The SMILES string of the molecule is CN=C(NCC(c1ccc(OC)cc1)N1CCOCC1)NC1CN(C(=O)OC(C)(C)C)C1. The molecule has 2 saturated heterocycles. The van der Waals surface area contributed by atoms with Crippen molar-refractivity contribution in [2.75, 3.05) is 60.1 Å². The van der Waals surface area contributed by atoms with Crippen LogP contribution in [0.3, 0.4) is 0 Å². The van der Waals surface area contributed by atoms with Gasteiger partial charge in [-0.1, -0.05) is 12.1 Å². The number of carbonyl (C=O) groups excluding carboxylic acids is 1. The van der Waals surface area contributed by atoms with Gasteiger partial charge in [-0.15, -0.1) is 0 Å². The monoisotopic (exact) mass is 447 g/mol. The standard InChI is InChI=1S/C23H37N5O4/c1-23(2,3)32-22(29)28-15-18(16-28)26-21(24-4)25-14-20(27-10-12-31-13-11-27)17-6-8-19(30-5)9-7-17/h6-9,18,20H,10-16H2,1-5H3,(H2,24,25,26). The van der Waals surface area contributed by atoms with Crippen LogP contribution in [0.25, 0.3) is 0 Å². The molecule has 0 aromatic heterocycles. The normalized spacial score (nSPS) is 19.2. The van der Waals surface area contributed by atoms with Crippen LogP contribution in [-0.2, 0) is 9.47 Å². The molecule has 0 aliphatic carbocycles. The van der Waals surface area contributed by atoms with Crippen LogP contribution >= 0.6 is 0 Å². The van der Waals surface area contributed by atoms with Crippen LogP contribution in [-0.4, -0.2) is 93.6 Å². The van der Waals surface area contributed by atoms with Gasteiger partial charge in [0.1, 0.15) is 11.4 Å². The molecular weight excluding hydrogens is 410 g/mol. The lowest BCUT2D eigenvalue weighted by molar-refractivity contribution is 0.00687. The van der Waals surface area contributed by atoms with Crippen molar-refractivity contribution in [3.8, 4) is 5.75 Å².